The van der Waals surface area contributed by atoms with Crippen LogP contribution in [-0.2, 0) is 19.9 Å². The highest BCUT2D eigenvalue weighted by Gasteiger charge is 2.40. The van der Waals surface area contributed by atoms with Crippen molar-refractivity contribution in [1.82, 2.24) is 0 Å². The number of benzene rings is 3. The summed E-state index contributed by atoms with van der Waals surface area (Å²) in [5, 5.41) is 11.6. The van der Waals surface area contributed by atoms with E-state index in [1.807, 2.05) is 0 Å². The Kier molecular flexibility index (Phi) is 5.96. The molecule has 7 heteroatoms. The van der Waals surface area contributed by atoms with E-state index in [1.165, 1.54) is 24.3 Å². The molecule has 0 saturated heterocycles. The van der Waals surface area contributed by atoms with Crippen LogP contribution in [0.1, 0.15) is 15.9 Å². The van der Waals surface area contributed by atoms with Crippen LogP contribution in [0.25, 0.3) is 0 Å². The van der Waals surface area contributed by atoms with Crippen LogP contribution < -0.4 is 0 Å². The minimum Gasteiger partial charge on any atom is -0.375 e. The molecule has 0 aliphatic carbocycles. The summed E-state index contributed by atoms with van der Waals surface area (Å²) in [6.07, 6.45) is 0. The number of ketones is 1. The number of rotatable bonds is 7. The van der Waals surface area contributed by atoms with E-state index in [9.17, 15) is 18.3 Å². The molecule has 144 valence electrons. The zero-order valence-electron chi connectivity index (χ0n) is 14.7. The second-order valence-corrected chi connectivity index (χ2v) is 8.14. The molecule has 3 aromatic rings. The molecule has 1 atom stereocenters. The van der Waals surface area contributed by atoms with Gasteiger partial charge in [0.15, 0.2) is 5.60 Å². The lowest BCUT2D eigenvalue weighted by molar-refractivity contribution is 0.00410. The lowest BCUT2D eigenvalue weighted by Gasteiger charge is -2.27. The molecule has 3 aromatic carbocycles. The van der Waals surface area contributed by atoms with Crippen molar-refractivity contribution in [2.24, 2.45) is 0 Å². The lowest BCUT2D eigenvalue weighted by atomic mass is 9.86. The van der Waals surface area contributed by atoms with Gasteiger partial charge in [0.25, 0.3) is 10.1 Å². The van der Waals surface area contributed by atoms with Gasteiger partial charge in [-0.15, -0.1) is 0 Å². The van der Waals surface area contributed by atoms with Crippen LogP contribution in [-0.4, -0.2) is 25.9 Å². The zero-order valence-corrected chi connectivity index (χ0v) is 16.2. The zero-order chi connectivity index (χ0) is 20.2. The Morgan fingerprint density at radius 2 is 1.43 bits per heavy atom. The van der Waals surface area contributed by atoms with E-state index in [0.29, 0.717) is 5.02 Å². The molecule has 1 unspecified atom stereocenters. The Labute approximate surface area is 168 Å². The first-order chi connectivity index (χ1) is 13.3. The first kappa shape index (κ1) is 20.2. The molecule has 0 spiro atoms. The largest absolute Gasteiger partial charge is 0.375 e. The summed E-state index contributed by atoms with van der Waals surface area (Å²) in [6.45, 7) is -0.768. The molecule has 3 rings (SSSR count). The van der Waals surface area contributed by atoms with Crippen molar-refractivity contribution in [3.05, 3.63) is 101 Å². The smallest absolute Gasteiger partial charge is 0.297 e. The van der Waals surface area contributed by atoms with Crippen LogP contribution >= 0.6 is 11.6 Å². The Hall–Kier alpha value is -2.51. The number of carbonyl (C=O) groups is 1. The SMILES string of the molecule is O=C(c1ccccc1)C(O)(COS(=O)(=O)c1ccc(Cl)cc1)c1ccccc1. The van der Waals surface area contributed by atoms with Crippen molar-refractivity contribution < 1.29 is 22.5 Å². The molecule has 0 radical (unpaired) electrons. The first-order valence-corrected chi connectivity index (χ1v) is 10.1. The summed E-state index contributed by atoms with van der Waals surface area (Å²) in [4.78, 5) is 12.9. The molecule has 5 nitrogen and oxygen atoms in total. The molecule has 1 N–H and O–H groups in total. The highest BCUT2D eigenvalue weighted by molar-refractivity contribution is 7.86. The van der Waals surface area contributed by atoms with E-state index in [1.54, 1.807) is 60.7 Å². The summed E-state index contributed by atoms with van der Waals surface area (Å²) in [5.41, 5.74) is -1.71. The first-order valence-electron chi connectivity index (χ1n) is 8.36. The fourth-order valence-electron chi connectivity index (χ4n) is 2.65. The second-order valence-electron chi connectivity index (χ2n) is 6.09. The van der Waals surface area contributed by atoms with Gasteiger partial charge >= 0.3 is 0 Å². The van der Waals surface area contributed by atoms with Crippen LogP contribution in [0, 0.1) is 0 Å². The van der Waals surface area contributed by atoms with Gasteiger partial charge in [-0.25, -0.2) is 0 Å². The fraction of sp³-hybridized carbons (Fsp3) is 0.0952. The maximum Gasteiger partial charge on any atom is 0.297 e. The van der Waals surface area contributed by atoms with Gasteiger partial charge in [-0.3, -0.25) is 8.98 Å². The van der Waals surface area contributed by atoms with Gasteiger partial charge in [0, 0.05) is 10.6 Å². The summed E-state index contributed by atoms with van der Waals surface area (Å²) in [5.74, 6) is -0.661. The number of Topliss-reactive ketones (excluding diaryl/α,β-unsaturated/α-hetero) is 1. The Morgan fingerprint density at radius 1 is 0.893 bits per heavy atom. The summed E-state index contributed by atoms with van der Waals surface area (Å²) < 4.78 is 30.1. The Morgan fingerprint density at radius 3 is 2.00 bits per heavy atom. The maximum absolute atomic E-state index is 13.0. The molecular formula is C21H17ClO5S. The molecule has 0 saturated carbocycles. The molecule has 0 aliphatic rings. The third-order valence-electron chi connectivity index (χ3n) is 4.19. The molecular weight excluding hydrogens is 400 g/mol. The van der Waals surface area contributed by atoms with Gasteiger partial charge in [-0.1, -0.05) is 72.3 Å². The molecule has 0 amide bonds. The highest BCUT2D eigenvalue weighted by atomic mass is 35.5. The van der Waals surface area contributed by atoms with Gasteiger partial charge in [-0.2, -0.15) is 8.42 Å². The summed E-state index contributed by atoms with van der Waals surface area (Å²) >= 11 is 5.78. The van der Waals surface area contributed by atoms with Crippen LogP contribution in [0.4, 0.5) is 0 Å². The van der Waals surface area contributed by atoms with E-state index in [2.05, 4.69) is 0 Å². The van der Waals surface area contributed by atoms with Gasteiger partial charge in [0.1, 0.15) is 6.61 Å². The number of halogens is 1. The van der Waals surface area contributed by atoms with Gasteiger partial charge < -0.3 is 5.11 Å². The predicted molar refractivity (Wildman–Crippen MR) is 106 cm³/mol. The van der Waals surface area contributed by atoms with E-state index in [-0.39, 0.29) is 16.0 Å². The summed E-state index contributed by atoms with van der Waals surface area (Å²) in [6, 6.07) is 21.6. The van der Waals surface area contributed by atoms with Crippen molar-refractivity contribution in [2.75, 3.05) is 6.61 Å². The fourth-order valence-corrected chi connectivity index (χ4v) is 3.71. The van der Waals surface area contributed by atoms with Crippen molar-refractivity contribution >= 4 is 27.5 Å². The van der Waals surface area contributed by atoms with Gasteiger partial charge in [-0.05, 0) is 29.8 Å². The number of hydrogen-bond donors (Lipinski definition) is 1. The van der Waals surface area contributed by atoms with E-state index in [0.717, 1.165) is 0 Å². The van der Waals surface area contributed by atoms with Crippen molar-refractivity contribution in [3.63, 3.8) is 0 Å². The third kappa shape index (κ3) is 4.31. The lowest BCUT2D eigenvalue weighted by Crippen LogP contribution is -2.41. The van der Waals surface area contributed by atoms with E-state index < -0.39 is 28.1 Å². The Balaban J connectivity index is 1.94. The van der Waals surface area contributed by atoms with Crippen molar-refractivity contribution in [3.8, 4) is 0 Å². The number of aliphatic hydroxyl groups is 1. The highest BCUT2D eigenvalue weighted by Crippen LogP contribution is 2.28. The average Bonchev–Trinajstić information content (AvgIpc) is 2.73. The van der Waals surface area contributed by atoms with Crippen molar-refractivity contribution in [1.29, 1.82) is 0 Å². The molecule has 0 fully saturated rings. The second kappa shape index (κ2) is 8.24. The molecule has 0 aliphatic heterocycles. The van der Waals surface area contributed by atoms with Gasteiger partial charge in [0.05, 0.1) is 4.90 Å². The predicted octanol–water partition coefficient (Wildman–Crippen LogP) is 3.82. The van der Waals surface area contributed by atoms with E-state index in [4.69, 9.17) is 15.8 Å². The molecule has 0 aromatic heterocycles. The average molecular weight is 417 g/mol. The van der Waals surface area contributed by atoms with Gasteiger partial charge in [0.2, 0.25) is 5.78 Å². The topological polar surface area (TPSA) is 80.7 Å². The number of hydrogen-bond acceptors (Lipinski definition) is 5. The maximum atomic E-state index is 13.0. The Bertz CT molecular complexity index is 1050. The van der Waals surface area contributed by atoms with Crippen LogP contribution in [0.5, 0.6) is 0 Å². The number of carbonyl (C=O) groups excluding carboxylic acids is 1. The molecule has 0 heterocycles. The van der Waals surface area contributed by atoms with Crippen LogP contribution in [0.2, 0.25) is 5.02 Å². The quantitative estimate of drug-likeness (QED) is 0.468. The third-order valence-corrected chi connectivity index (χ3v) is 5.72. The van der Waals surface area contributed by atoms with Crippen molar-refractivity contribution in [2.45, 2.75) is 10.5 Å². The monoisotopic (exact) mass is 416 g/mol. The minimum absolute atomic E-state index is 0.125. The van der Waals surface area contributed by atoms with Crippen LogP contribution in [0.3, 0.4) is 0 Å². The standard InChI is InChI=1S/C21H17ClO5S/c22-18-11-13-19(14-12-18)28(25,26)27-15-21(24,17-9-5-2-6-10-17)20(23)16-7-3-1-4-8-16/h1-14,24H,15H2. The minimum atomic E-state index is -4.20. The summed E-state index contributed by atoms with van der Waals surface area (Å²) in [7, 11) is -4.20. The molecule has 0 bridgehead atoms. The normalized spacial score (nSPS) is 13.6. The van der Waals surface area contributed by atoms with E-state index >= 15 is 0 Å². The molecule has 28 heavy (non-hydrogen) atoms. The van der Waals surface area contributed by atoms with Crippen LogP contribution in [0.15, 0.2) is 89.8 Å².